The van der Waals surface area contributed by atoms with Crippen LogP contribution in [-0.2, 0) is 17.6 Å². The van der Waals surface area contributed by atoms with E-state index >= 15 is 0 Å². The Morgan fingerprint density at radius 1 is 1.38 bits per heavy atom. The molecule has 0 aliphatic rings. The molecular formula is C17H18N4O3. The van der Waals surface area contributed by atoms with Crippen molar-refractivity contribution >= 4 is 5.91 Å². The van der Waals surface area contributed by atoms with E-state index in [4.69, 9.17) is 11.2 Å². The lowest BCUT2D eigenvalue weighted by Gasteiger charge is -2.07. The van der Waals surface area contributed by atoms with Crippen molar-refractivity contribution in [1.82, 2.24) is 20.5 Å². The molecule has 24 heavy (non-hydrogen) atoms. The zero-order valence-electron chi connectivity index (χ0n) is 13.3. The molecular weight excluding hydrogens is 308 g/mol. The molecule has 0 aliphatic carbocycles. The van der Waals surface area contributed by atoms with Crippen molar-refractivity contribution in [3.05, 3.63) is 51.7 Å². The lowest BCUT2D eigenvalue weighted by molar-refractivity contribution is -0.120. The minimum atomic E-state index is -0.348. The van der Waals surface area contributed by atoms with Gasteiger partial charge in [-0.1, -0.05) is 24.1 Å². The molecule has 2 rings (SSSR count). The van der Waals surface area contributed by atoms with Crippen LogP contribution in [0.25, 0.3) is 0 Å². The number of rotatable bonds is 7. The summed E-state index contributed by atoms with van der Waals surface area (Å²) in [5, 5.41) is 10.5. The first-order valence-corrected chi connectivity index (χ1v) is 7.41. The second-order valence-electron chi connectivity index (χ2n) is 5.02. The van der Waals surface area contributed by atoms with E-state index in [2.05, 4.69) is 26.4 Å². The number of hydrogen-bond donors (Lipinski definition) is 2. The summed E-state index contributed by atoms with van der Waals surface area (Å²) in [4.78, 5) is 26.2. The van der Waals surface area contributed by atoms with Gasteiger partial charge in [-0.05, 0) is 6.07 Å². The predicted octanol–water partition coefficient (Wildman–Crippen LogP) is 0.446. The van der Waals surface area contributed by atoms with E-state index in [1.165, 1.54) is 0 Å². The first-order chi connectivity index (χ1) is 11.6. The van der Waals surface area contributed by atoms with Gasteiger partial charge in [-0.15, -0.1) is 16.6 Å². The smallest absolute Gasteiger partial charge is 0.272 e. The third-order valence-corrected chi connectivity index (χ3v) is 3.34. The Morgan fingerprint density at radius 2 is 2.17 bits per heavy atom. The lowest BCUT2D eigenvalue weighted by Crippen LogP contribution is -2.26. The van der Waals surface area contributed by atoms with E-state index in [1.54, 1.807) is 7.11 Å². The highest BCUT2D eigenvalue weighted by Crippen LogP contribution is 2.18. The quantitative estimate of drug-likeness (QED) is 0.720. The third kappa shape index (κ3) is 4.68. The highest BCUT2D eigenvalue weighted by atomic mass is 16.5. The van der Waals surface area contributed by atoms with Crippen molar-refractivity contribution in [2.45, 2.75) is 19.3 Å². The zero-order chi connectivity index (χ0) is 17.4. The molecule has 0 saturated carbocycles. The molecule has 124 valence electrons. The highest BCUT2D eigenvalue weighted by Gasteiger charge is 2.10. The molecule has 0 aliphatic heterocycles. The molecule has 0 fully saturated rings. The normalized spacial score (nSPS) is 10.0. The Morgan fingerprint density at radius 3 is 2.88 bits per heavy atom. The molecule has 0 bridgehead atoms. The van der Waals surface area contributed by atoms with Gasteiger partial charge in [0, 0.05) is 24.8 Å². The Kier molecular flexibility index (Phi) is 6.08. The summed E-state index contributed by atoms with van der Waals surface area (Å²) in [5.74, 6) is 3.23. The highest BCUT2D eigenvalue weighted by molar-refractivity contribution is 5.76. The van der Waals surface area contributed by atoms with Gasteiger partial charge in [-0.2, -0.15) is 0 Å². The van der Waals surface area contributed by atoms with Crippen molar-refractivity contribution in [3.63, 3.8) is 0 Å². The van der Waals surface area contributed by atoms with Crippen LogP contribution in [0.5, 0.6) is 5.75 Å². The zero-order valence-corrected chi connectivity index (χ0v) is 13.3. The summed E-state index contributed by atoms with van der Waals surface area (Å²) in [6.07, 6.45) is 5.79. The topological polar surface area (TPSA) is 97.0 Å². The molecule has 2 aromatic rings. The summed E-state index contributed by atoms with van der Waals surface area (Å²) in [6, 6.07) is 7.48. The number of aromatic amines is 1. The predicted molar refractivity (Wildman–Crippen MR) is 88.6 cm³/mol. The number of terminal acetylenes is 1. The van der Waals surface area contributed by atoms with Crippen molar-refractivity contribution < 1.29 is 9.53 Å². The van der Waals surface area contributed by atoms with E-state index in [1.807, 2.05) is 24.3 Å². The van der Waals surface area contributed by atoms with Gasteiger partial charge in [0.1, 0.15) is 17.3 Å². The molecule has 1 aromatic carbocycles. The first-order valence-electron chi connectivity index (χ1n) is 7.41. The average molecular weight is 326 g/mol. The summed E-state index contributed by atoms with van der Waals surface area (Å²) < 4.78 is 5.27. The summed E-state index contributed by atoms with van der Waals surface area (Å²) in [6.45, 7) is 0.165. The number of aromatic nitrogens is 3. The van der Waals surface area contributed by atoms with E-state index in [-0.39, 0.29) is 36.5 Å². The largest absolute Gasteiger partial charge is 0.496 e. The second-order valence-corrected chi connectivity index (χ2v) is 5.02. The van der Waals surface area contributed by atoms with Crippen molar-refractivity contribution in [2.24, 2.45) is 0 Å². The van der Waals surface area contributed by atoms with Gasteiger partial charge in [0.2, 0.25) is 5.91 Å². The number of hydrogen-bond acceptors (Lipinski definition) is 5. The minimum Gasteiger partial charge on any atom is -0.496 e. The number of H-pyrrole nitrogens is 1. The minimum absolute atomic E-state index is 0.130. The number of nitrogens with one attached hydrogen (secondary N) is 2. The van der Waals surface area contributed by atoms with Crippen LogP contribution in [0.1, 0.15) is 23.5 Å². The molecule has 7 heteroatoms. The molecule has 0 spiro atoms. The van der Waals surface area contributed by atoms with Gasteiger partial charge in [0.05, 0.1) is 13.7 Å². The number of carbonyl (C=O) groups is 1. The number of amides is 1. The van der Waals surface area contributed by atoms with Gasteiger partial charge in [-0.3, -0.25) is 9.59 Å². The maximum Gasteiger partial charge on any atom is 0.272 e. The van der Waals surface area contributed by atoms with Crippen molar-refractivity contribution in [1.29, 1.82) is 0 Å². The molecule has 0 unspecified atom stereocenters. The number of aryl methyl sites for hydroxylation is 1. The van der Waals surface area contributed by atoms with Crippen molar-refractivity contribution in [2.75, 3.05) is 13.7 Å². The Balaban J connectivity index is 2.03. The fraction of sp³-hybridized carbons (Fsp3) is 0.294. The fourth-order valence-corrected chi connectivity index (χ4v) is 2.14. The van der Waals surface area contributed by atoms with E-state index in [0.29, 0.717) is 12.2 Å². The molecule has 7 nitrogen and oxygen atoms in total. The number of methoxy groups -OCH3 is 1. The van der Waals surface area contributed by atoms with E-state index < -0.39 is 0 Å². The number of carbonyl (C=O) groups excluding carboxylic acids is 1. The maximum absolute atomic E-state index is 12.1. The number of benzene rings is 1. The van der Waals surface area contributed by atoms with E-state index in [9.17, 15) is 9.59 Å². The van der Waals surface area contributed by atoms with Crippen LogP contribution in [0, 0.1) is 12.3 Å². The van der Waals surface area contributed by atoms with Gasteiger partial charge in [-0.25, -0.2) is 0 Å². The molecule has 1 heterocycles. The fourth-order valence-electron chi connectivity index (χ4n) is 2.14. The maximum atomic E-state index is 12.1. The Hall–Kier alpha value is -3.14. The lowest BCUT2D eigenvalue weighted by atomic mass is 10.1. The van der Waals surface area contributed by atoms with Gasteiger partial charge in [0.15, 0.2) is 0 Å². The third-order valence-electron chi connectivity index (χ3n) is 3.34. The monoisotopic (exact) mass is 326 g/mol. The standard InChI is InChI=1S/C17H18N4O3/c1-3-10-18-16(22)9-8-13-17(23)19-15(21-20-13)11-12-6-4-5-7-14(12)24-2/h1,4-7H,8-11H2,2H3,(H,18,22)(H,19,21,23). The van der Waals surface area contributed by atoms with Crippen LogP contribution in [0.4, 0.5) is 0 Å². The molecule has 2 N–H and O–H groups in total. The second kappa shape index (κ2) is 8.48. The van der Waals surface area contributed by atoms with Crippen LogP contribution >= 0.6 is 0 Å². The molecule has 1 aromatic heterocycles. The summed E-state index contributed by atoms with van der Waals surface area (Å²) in [7, 11) is 1.58. The van der Waals surface area contributed by atoms with Crippen LogP contribution in [0.15, 0.2) is 29.1 Å². The number of nitrogens with zero attached hydrogens (tertiary/aromatic N) is 2. The number of para-hydroxylation sites is 1. The van der Waals surface area contributed by atoms with Crippen LogP contribution < -0.4 is 15.6 Å². The molecule has 0 radical (unpaired) electrons. The van der Waals surface area contributed by atoms with Gasteiger partial charge >= 0.3 is 0 Å². The average Bonchev–Trinajstić information content (AvgIpc) is 2.59. The van der Waals surface area contributed by atoms with Crippen LogP contribution in [-0.4, -0.2) is 34.7 Å². The van der Waals surface area contributed by atoms with Gasteiger partial charge in [0.25, 0.3) is 5.56 Å². The van der Waals surface area contributed by atoms with Crippen molar-refractivity contribution in [3.8, 4) is 18.1 Å². The molecule has 0 atom stereocenters. The first kappa shape index (κ1) is 17.2. The summed E-state index contributed by atoms with van der Waals surface area (Å²) in [5.41, 5.74) is 0.764. The van der Waals surface area contributed by atoms with Gasteiger partial charge < -0.3 is 15.0 Å². The Bertz CT molecular complexity index is 808. The van der Waals surface area contributed by atoms with E-state index in [0.717, 1.165) is 11.3 Å². The SMILES string of the molecule is C#CCNC(=O)CCc1nnc(Cc2ccccc2OC)[nH]c1=O. The Labute approximate surface area is 139 Å². The number of ether oxygens (including phenoxy) is 1. The van der Waals surface area contributed by atoms with Crippen LogP contribution in [0.2, 0.25) is 0 Å². The van der Waals surface area contributed by atoms with Crippen LogP contribution in [0.3, 0.4) is 0 Å². The summed E-state index contributed by atoms with van der Waals surface area (Å²) >= 11 is 0. The molecule has 1 amide bonds. The molecule has 0 saturated heterocycles.